The van der Waals surface area contributed by atoms with Crippen LogP contribution in [0.3, 0.4) is 0 Å². The number of carbonyl (C=O) groups excluding carboxylic acids is 1. The summed E-state index contributed by atoms with van der Waals surface area (Å²) in [5.41, 5.74) is 1.89. The lowest BCUT2D eigenvalue weighted by atomic mass is 10.3. The van der Waals surface area contributed by atoms with Gasteiger partial charge in [-0.25, -0.2) is 18.5 Å². The smallest absolute Gasteiger partial charge is 0.268 e. The predicted octanol–water partition coefficient (Wildman–Crippen LogP) is 3.53. The zero-order valence-corrected chi connectivity index (χ0v) is 17.3. The van der Waals surface area contributed by atoms with Crippen LogP contribution in [0, 0.1) is 0 Å². The van der Waals surface area contributed by atoms with Gasteiger partial charge in [0.25, 0.3) is 5.88 Å². The molecule has 11 heteroatoms. The second-order valence-electron chi connectivity index (χ2n) is 6.50. The number of carbonyl (C=O) groups is 1. The van der Waals surface area contributed by atoms with E-state index in [1.165, 1.54) is 30.5 Å². The minimum atomic E-state index is -3.79. The van der Waals surface area contributed by atoms with E-state index >= 15 is 0 Å². The maximum absolute atomic E-state index is 11.5. The molecule has 10 nitrogen and oxygen atoms in total. The van der Waals surface area contributed by atoms with Gasteiger partial charge in [0, 0.05) is 23.5 Å². The van der Waals surface area contributed by atoms with Crippen LogP contribution < -0.4 is 20.5 Å². The summed E-state index contributed by atoms with van der Waals surface area (Å²) in [7, 11) is -3.79. The molecular weight excluding hydrogens is 434 g/mol. The van der Waals surface area contributed by atoms with Gasteiger partial charge in [0.2, 0.25) is 27.5 Å². The Morgan fingerprint density at radius 2 is 1.88 bits per heavy atom. The Labute approximate surface area is 182 Å². The van der Waals surface area contributed by atoms with Crippen molar-refractivity contribution in [2.24, 2.45) is 5.14 Å². The van der Waals surface area contributed by atoms with Gasteiger partial charge in [0.15, 0.2) is 0 Å². The lowest BCUT2D eigenvalue weighted by molar-refractivity contribution is -0.111. The fraction of sp³-hybridized carbons (Fsp3) is 0. The van der Waals surface area contributed by atoms with E-state index in [0.717, 1.165) is 6.08 Å². The number of benzene rings is 2. The number of rotatable bonds is 7. The average molecular weight is 451 g/mol. The van der Waals surface area contributed by atoms with Crippen molar-refractivity contribution in [2.45, 2.75) is 4.90 Å². The van der Waals surface area contributed by atoms with Crippen molar-refractivity contribution in [1.82, 2.24) is 9.97 Å². The SMILES string of the molecule is C=CC(=O)Nc1cccc(Oc2nc(Nc3ccc(S(N)(=O)=O)cc3)nc3ccoc23)c1. The number of anilines is 3. The second kappa shape index (κ2) is 8.49. The molecule has 0 aliphatic carbocycles. The number of nitrogens with two attached hydrogens (primary N) is 1. The number of hydrogen-bond donors (Lipinski definition) is 3. The largest absolute Gasteiger partial charge is 0.457 e. The fourth-order valence-electron chi connectivity index (χ4n) is 2.76. The van der Waals surface area contributed by atoms with E-state index in [1.54, 1.807) is 30.3 Å². The molecule has 32 heavy (non-hydrogen) atoms. The molecule has 0 aliphatic heterocycles. The number of hydrogen-bond acceptors (Lipinski definition) is 8. The molecule has 0 spiro atoms. The molecule has 0 aliphatic rings. The Balaban J connectivity index is 1.62. The number of primary sulfonamides is 1. The van der Waals surface area contributed by atoms with E-state index < -0.39 is 10.0 Å². The third-order valence-electron chi connectivity index (χ3n) is 4.21. The van der Waals surface area contributed by atoms with Crippen LogP contribution in [-0.4, -0.2) is 24.3 Å². The van der Waals surface area contributed by atoms with Crippen LogP contribution in [0.5, 0.6) is 11.6 Å². The summed E-state index contributed by atoms with van der Waals surface area (Å²) < 4.78 is 34.2. The van der Waals surface area contributed by atoms with E-state index in [9.17, 15) is 13.2 Å². The van der Waals surface area contributed by atoms with Gasteiger partial charge in [-0.2, -0.15) is 4.98 Å². The molecule has 162 valence electrons. The maximum atomic E-state index is 11.5. The van der Waals surface area contributed by atoms with Crippen LogP contribution in [0.25, 0.3) is 11.1 Å². The Morgan fingerprint density at radius 1 is 1.09 bits per heavy atom. The van der Waals surface area contributed by atoms with Gasteiger partial charge in [-0.3, -0.25) is 4.79 Å². The first-order valence-corrected chi connectivity index (χ1v) is 10.7. The summed E-state index contributed by atoms with van der Waals surface area (Å²) in [6.07, 6.45) is 2.62. The Bertz CT molecular complexity index is 1410. The molecule has 0 unspecified atom stereocenters. The normalized spacial score (nSPS) is 11.2. The second-order valence-corrected chi connectivity index (χ2v) is 8.07. The van der Waals surface area contributed by atoms with Gasteiger partial charge in [-0.1, -0.05) is 12.6 Å². The zero-order chi connectivity index (χ0) is 22.7. The van der Waals surface area contributed by atoms with E-state index in [0.29, 0.717) is 28.2 Å². The summed E-state index contributed by atoms with van der Waals surface area (Å²) in [4.78, 5) is 20.2. The molecule has 0 saturated carbocycles. The van der Waals surface area contributed by atoms with Crippen LogP contribution in [0.2, 0.25) is 0 Å². The minimum absolute atomic E-state index is 0.0123. The van der Waals surface area contributed by atoms with Crippen LogP contribution in [-0.2, 0) is 14.8 Å². The average Bonchev–Trinajstić information content (AvgIpc) is 3.23. The molecule has 2 aromatic carbocycles. The first kappa shape index (κ1) is 21.0. The number of nitrogens with zero attached hydrogens (tertiary/aromatic N) is 2. The Hall–Kier alpha value is -4.22. The lowest BCUT2D eigenvalue weighted by Gasteiger charge is -2.10. The number of aromatic nitrogens is 2. The number of sulfonamides is 1. The monoisotopic (exact) mass is 451 g/mol. The number of amides is 1. The van der Waals surface area contributed by atoms with E-state index in [1.807, 2.05) is 0 Å². The van der Waals surface area contributed by atoms with Crippen LogP contribution in [0.4, 0.5) is 17.3 Å². The van der Waals surface area contributed by atoms with Crippen molar-refractivity contribution in [2.75, 3.05) is 10.6 Å². The number of furan rings is 1. The van der Waals surface area contributed by atoms with Crippen molar-refractivity contribution < 1.29 is 22.4 Å². The van der Waals surface area contributed by atoms with Gasteiger partial charge < -0.3 is 19.8 Å². The molecule has 0 fully saturated rings. The third kappa shape index (κ3) is 4.74. The fourth-order valence-corrected chi connectivity index (χ4v) is 3.28. The highest BCUT2D eigenvalue weighted by molar-refractivity contribution is 7.89. The molecule has 2 heterocycles. The summed E-state index contributed by atoms with van der Waals surface area (Å²) in [6.45, 7) is 3.42. The van der Waals surface area contributed by atoms with Crippen molar-refractivity contribution in [3.8, 4) is 11.6 Å². The molecule has 4 aromatic rings. The zero-order valence-electron chi connectivity index (χ0n) is 16.5. The maximum Gasteiger partial charge on any atom is 0.268 e. The summed E-state index contributed by atoms with van der Waals surface area (Å²) in [6, 6.07) is 14.2. The van der Waals surface area contributed by atoms with Gasteiger partial charge in [0.1, 0.15) is 11.3 Å². The quantitative estimate of drug-likeness (QED) is 0.361. The van der Waals surface area contributed by atoms with Gasteiger partial charge in [-0.05, 0) is 42.5 Å². The predicted molar refractivity (Wildman–Crippen MR) is 118 cm³/mol. The van der Waals surface area contributed by atoms with Crippen LogP contribution in [0.1, 0.15) is 0 Å². The van der Waals surface area contributed by atoms with E-state index in [2.05, 4.69) is 27.2 Å². The molecule has 0 bridgehead atoms. The first-order chi connectivity index (χ1) is 15.3. The van der Waals surface area contributed by atoms with Crippen molar-refractivity contribution in [1.29, 1.82) is 0 Å². The highest BCUT2D eigenvalue weighted by Crippen LogP contribution is 2.31. The highest BCUT2D eigenvalue weighted by Gasteiger charge is 2.14. The molecule has 0 radical (unpaired) electrons. The first-order valence-electron chi connectivity index (χ1n) is 9.18. The molecule has 2 aromatic heterocycles. The lowest BCUT2D eigenvalue weighted by Crippen LogP contribution is -2.11. The molecule has 0 saturated heterocycles. The van der Waals surface area contributed by atoms with E-state index in [-0.39, 0.29) is 22.6 Å². The molecular formula is C21H17N5O5S. The Morgan fingerprint density at radius 3 is 2.59 bits per heavy atom. The third-order valence-corrected chi connectivity index (χ3v) is 5.14. The van der Waals surface area contributed by atoms with Crippen LogP contribution in [0.15, 0.2) is 82.8 Å². The van der Waals surface area contributed by atoms with Gasteiger partial charge >= 0.3 is 0 Å². The molecule has 4 rings (SSSR count). The van der Waals surface area contributed by atoms with Crippen molar-refractivity contribution in [3.63, 3.8) is 0 Å². The summed E-state index contributed by atoms with van der Waals surface area (Å²) in [5.74, 6) is 0.411. The summed E-state index contributed by atoms with van der Waals surface area (Å²) >= 11 is 0. The van der Waals surface area contributed by atoms with Crippen LogP contribution >= 0.6 is 0 Å². The van der Waals surface area contributed by atoms with Gasteiger partial charge in [-0.15, -0.1) is 0 Å². The molecule has 0 atom stereocenters. The Kier molecular flexibility index (Phi) is 5.58. The number of ether oxygens (including phenoxy) is 1. The van der Waals surface area contributed by atoms with E-state index in [4.69, 9.17) is 14.3 Å². The van der Waals surface area contributed by atoms with Crippen molar-refractivity contribution in [3.05, 3.63) is 73.5 Å². The highest BCUT2D eigenvalue weighted by atomic mass is 32.2. The molecule has 1 amide bonds. The van der Waals surface area contributed by atoms with Gasteiger partial charge in [0.05, 0.1) is 11.2 Å². The number of fused-ring (bicyclic) bond motifs is 1. The van der Waals surface area contributed by atoms with Crippen molar-refractivity contribution >= 4 is 44.4 Å². The standard InChI is InChI=1S/C21H17N5O5S/c1-2-18(27)23-14-4-3-5-15(12-14)31-20-19-17(10-11-30-19)25-21(26-20)24-13-6-8-16(9-7-13)32(22,28)29/h2-12H,1H2,(H,23,27)(H2,22,28,29)(H,24,25,26). The molecule has 4 N–H and O–H groups in total. The topological polar surface area (TPSA) is 149 Å². The summed E-state index contributed by atoms with van der Waals surface area (Å²) in [5, 5.41) is 10.8. The minimum Gasteiger partial charge on any atom is -0.457 e. The number of nitrogens with one attached hydrogen (secondary N) is 2.